The summed E-state index contributed by atoms with van der Waals surface area (Å²) in [5, 5.41) is 13.6. The molecule has 0 aliphatic heterocycles. The second-order valence-corrected chi connectivity index (χ2v) is 14.5. The van der Waals surface area contributed by atoms with Gasteiger partial charge in [-0.15, -0.1) is 0 Å². The van der Waals surface area contributed by atoms with E-state index >= 15 is 0 Å². The molecule has 0 heterocycles. The van der Waals surface area contributed by atoms with Gasteiger partial charge in [0.1, 0.15) is 32.5 Å². The zero-order valence-electron chi connectivity index (χ0n) is 28.3. The number of benzene rings is 4. The first kappa shape index (κ1) is 39.0. The summed E-state index contributed by atoms with van der Waals surface area (Å²) >= 11 is 0. The molecule has 1 atom stereocenters. The van der Waals surface area contributed by atoms with Crippen LogP contribution in [-0.4, -0.2) is 47.9 Å². The Bertz CT molecular complexity index is 2210. The largest absolute Gasteiger partial charge is 1.00 e. The summed E-state index contributed by atoms with van der Waals surface area (Å²) < 4.78 is 71.5. The summed E-state index contributed by atoms with van der Waals surface area (Å²) in [4.78, 5) is -0.517. The number of anilines is 1. The van der Waals surface area contributed by atoms with E-state index in [0.29, 0.717) is 30.6 Å². The number of hydrogen-bond acceptors (Lipinski definition) is 8. The van der Waals surface area contributed by atoms with Crippen LogP contribution in [0.4, 0.5) is 5.69 Å². The Balaban J connectivity index is 0.00000562. The molecule has 0 amide bonds. The van der Waals surface area contributed by atoms with Crippen molar-refractivity contribution in [3.05, 3.63) is 149 Å². The molecular formula is C38H37N2NaO7S2. The van der Waals surface area contributed by atoms with Gasteiger partial charge in [0, 0.05) is 23.4 Å². The molecule has 0 radical (unpaired) electrons. The van der Waals surface area contributed by atoms with Crippen LogP contribution in [0.5, 0.6) is 5.75 Å². The van der Waals surface area contributed by atoms with E-state index in [9.17, 15) is 31.0 Å². The number of phenolic OH excluding ortho intramolecular Hbond substituents is 1. The van der Waals surface area contributed by atoms with Crippen molar-refractivity contribution in [1.29, 1.82) is 0 Å². The van der Waals surface area contributed by atoms with Gasteiger partial charge in [-0.1, -0.05) is 49.4 Å². The first-order valence-corrected chi connectivity index (χ1v) is 18.6. The molecule has 0 fully saturated rings. The minimum atomic E-state index is -4.57. The van der Waals surface area contributed by atoms with Gasteiger partial charge in [0.25, 0.3) is 0 Å². The van der Waals surface area contributed by atoms with E-state index in [1.807, 2.05) is 75.4 Å². The summed E-state index contributed by atoms with van der Waals surface area (Å²) in [6.45, 7) is 6.97. The van der Waals surface area contributed by atoms with Crippen LogP contribution in [-0.2, 0) is 26.8 Å². The Labute approximate surface area is 316 Å². The predicted molar refractivity (Wildman–Crippen MR) is 189 cm³/mol. The van der Waals surface area contributed by atoms with Crippen molar-refractivity contribution in [2.75, 3.05) is 11.9 Å². The van der Waals surface area contributed by atoms with E-state index in [-0.39, 0.29) is 51.1 Å². The molecule has 0 bridgehead atoms. The van der Waals surface area contributed by atoms with Gasteiger partial charge in [-0.3, -0.25) is 0 Å². The zero-order chi connectivity index (χ0) is 35.3. The Kier molecular flexibility index (Phi) is 12.8. The maximum absolute atomic E-state index is 11.6. The number of hydrogen-bond donors (Lipinski definition) is 2. The number of aromatic hydroxyl groups is 1. The summed E-state index contributed by atoms with van der Waals surface area (Å²) in [6, 6.07) is 25.1. The normalized spacial score (nSPS) is 13.5. The van der Waals surface area contributed by atoms with Crippen molar-refractivity contribution in [3.63, 3.8) is 0 Å². The summed E-state index contributed by atoms with van der Waals surface area (Å²) in [6.07, 6.45) is 8.70. The van der Waals surface area contributed by atoms with Gasteiger partial charge < -0.3 is 19.5 Å². The van der Waals surface area contributed by atoms with E-state index in [0.717, 1.165) is 39.2 Å². The van der Waals surface area contributed by atoms with Gasteiger partial charge >= 0.3 is 29.6 Å². The van der Waals surface area contributed by atoms with Crippen LogP contribution in [0.3, 0.4) is 0 Å². The van der Waals surface area contributed by atoms with Gasteiger partial charge in [-0.25, -0.2) is 21.4 Å². The third kappa shape index (κ3) is 9.49. The Morgan fingerprint density at radius 3 is 2.00 bits per heavy atom. The van der Waals surface area contributed by atoms with Crippen molar-refractivity contribution in [3.8, 4) is 5.75 Å². The molecule has 2 N–H and O–H groups in total. The van der Waals surface area contributed by atoms with Crippen molar-refractivity contribution in [2.24, 2.45) is 0 Å². The van der Waals surface area contributed by atoms with Gasteiger partial charge in [-0.05, 0) is 114 Å². The Morgan fingerprint density at radius 1 is 0.800 bits per heavy atom. The molecule has 12 heteroatoms. The van der Waals surface area contributed by atoms with Gasteiger partial charge in [0.2, 0.25) is 0 Å². The fourth-order valence-electron chi connectivity index (χ4n) is 5.89. The van der Waals surface area contributed by atoms with Crippen LogP contribution in [0.2, 0.25) is 0 Å². The van der Waals surface area contributed by atoms with Crippen LogP contribution in [0, 0.1) is 6.92 Å². The van der Waals surface area contributed by atoms with E-state index in [2.05, 4.69) is 9.89 Å². The quantitative estimate of drug-likeness (QED) is 0.136. The van der Waals surface area contributed by atoms with Crippen molar-refractivity contribution in [2.45, 2.75) is 49.6 Å². The Morgan fingerprint density at radius 2 is 1.42 bits per heavy atom. The van der Waals surface area contributed by atoms with Crippen LogP contribution >= 0.6 is 0 Å². The summed E-state index contributed by atoms with van der Waals surface area (Å²) in [5.41, 5.74) is 7.79. The molecule has 1 unspecified atom stereocenters. The molecule has 0 aromatic heterocycles. The number of phenols is 1. The molecule has 254 valence electrons. The van der Waals surface area contributed by atoms with Crippen LogP contribution in [0.1, 0.15) is 54.1 Å². The van der Waals surface area contributed by atoms with Crippen LogP contribution < -0.4 is 34.9 Å². The van der Waals surface area contributed by atoms with Crippen molar-refractivity contribution < 1.29 is 65.2 Å². The van der Waals surface area contributed by atoms with Crippen LogP contribution in [0.25, 0.3) is 5.57 Å². The first-order valence-electron chi connectivity index (χ1n) is 15.8. The molecule has 4 aromatic rings. The van der Waals surface area contributed by atoms with Crippen molar-refractivity contribution >= 4 is 37.2 Å². The number of nitrogens with one attached hydrogen (secondary N) is 1. The monoisotopic (exact) mass is 720 g/mol. The molecule has 4 aromatic carbocycles. The van der Waals surface area contributed by atoms with Crippen molar-refractivity contribution in [1.82, 2.24) is 0 Å². The predicted octanol–water partition coefficient (Wildman–Crippen LogP) is 3.68. The molecular weight excluding hydrogens is 684 g/mol. The fraction of sp³-hybridized carbons (Fsp3) is 0.184. The minimum Gasteiger partial charge on any atom is -0.744 e. The second kappa shape index (κ2) is 16.5. The van der Waals surface area contributed by atoms with E-state index < -0.39 is 20.2 Å². The number of nitrogens with zero attached hydrogens (tertiary/aromatic N) is 1. The third-order valence-corrected chi connectivity index (χ3v) is 10.1. The number of allylic oxidation sites excluding steroid dienone is 5. The fourth-order valence-corrected chi connectivity index (χ4v) is 6.96. The molecule has 0 saturated carbocycles. The number of rotatable bonds is 11. The van der Waals surface area contributed by atoms with Gasteiger partial charge in [0.05, 0.1) is 15.8 Å². The van der Waals surface area contributed by atoms with Crippen LogP contribution in [0.15, 0.2) is 131 Å². The molecule has 9 nitrogen and oxygen atoms in total. The summed E-state index contributed by atoms with van der Waals surface area (Å²) in [7, 11) is -9.13. The first-order chi connectivity index (χ1) is 23.3. The van der Waals surface area contributed by atoms with Gasteiger partial charge in [-0.2, -0.15) is 0 Å². The minimum absolute atomic E-state index is 0. The smallest absolute Gasteiger partial charge is 0.744 e. The SMILES string of the molecule is CCC(Nc1ccc(C(=C2C=CC(=[N+](CC)Cc3cccc(S(=O)(=O)[O-])c3)C=C2)c2ccc(O)cc2C)cc1)c1cccc(S(=O)(=O)[O-])c1.[Na+]. The molecule has 0 saturated heterocycles. The molecule has 50 heavy (non-hydrogen) atoms. The second-order valence-electron chi connectivity index (χ2n) is 11.7. The maximum Gasteiger partial charge on any atom is 1.00 e. The summed E-state index contributed by atoms with van der Waals surface area (Å²) in [5.74, 6) is 0.169. The standard InChI is InChI=1S/C38H38N2O7S2.Na/c1-4-37(30-9-7-11-35(24-30)49(45,46)47)39-31-16-12-28(13-17-31)38(36-21-20-33(41)22-26(36)3)29-14-18-32(19-15-29)40(5-2)25-27-8-6-10-34(23-27)48(42,43)44;/h6-24,37H,4-5,25H2,1-3H3,(H3,39,41,42,43,44,45,46,47);/q;+1/p-1. The average Bonchev–Trinajstić information content (AvgIpc) is 3.07. The molecule has 5 rings (SSSR count). The maximum atomic E-state index is 11.6. The number of aryl methyl sites for hydroxylation is 1. The van der Waals surface area contributed by atoms with Gasteiger partial charge in [0.15, 0.2) is 12.3 Å². The van der Waals surface area contributed by atoms with E-state index in [1.165, 1.54) is 24.3 Å². The molecule has 1 aliphatic carbocycles. The molecule has 1 aliphatic rings. The average molecular weight is 721 g/mol. The topological polar surface area (TPSA) is 150 Å². The zero-order valence-corrected chi connectivity index (χ0v) is 32.0. The third-order valence-electron chi connectivity index (χ3n) is 8.41. The van der Waals surface area contributed by atoms with E-state index in [1.54, 1.807) is 36.4 Å². The van der Waals surface area contributed by atoms with E-state index in [4.69, 9.17) is 0 Å². The molecule has 0 spiro atoms. The Hall–Kier alpha value is -3.81.